The van der Waals surface area contributed by atoms with Crippen molar-refractivity contribution in [2.24, 2.45) is 29.1 Å². The lowest BCUT2D eigenvalue weighted by Gasteiger charge is -2.58. The van der Waals surface area contributed by atoms with Gasteiger partial charge < -0.3 is 24.1 Å². The summed E-state index contributed by atoms with van der Waals surface area (Å²) in [5, 5.41) is 11.5. The number of aliphatic hydroxyl groups excluding tert-OH is 1. The maximum atomic E-state index is 11.5. The quantitative estimate of drug-likeness (QED) is 0.696. The van der Waals surface area contributed by atoms with Crippen LogP contribution in [-0.4, -0.2) is 49.2 Å². The molecule has 2 aliphatic heterocycles. The Kier molecular flexibility index (Phi) is 4.10. The van der Waals surface area contributed by atoms with E-state index in [2.05, 4.69) is 13.0 Å². The minimum Gasteiger partial charge on any atom is -0.393 e. The lowest BCUT2D eigenvalue weighted by Crippen LogP contribution is -2.59. The zero-order chi connectivity index (χ0) is 19.0. The molecule has 5 heteroatoms. The molecule has 0 unspecified atom stereocenters. The first-order chi connectivity index (χ1) is 13.6. The van der Waals surface area contributed by atoms with Gasteiger partial charge in [0.15, 0.2) is 11.6 Å². The number of hydrogen-bond donors (Lipinski definition) is 1. The second kappa shape index (κ2) is 6.27. The summed E-state index contributed by atoms with van der Waals surface area (Å²) >= 11 is 0. The van der Waals surface area contributed by atoms with Crippen LogP contribution in [0.3, 0.4) is 0 Å². The number of fused-ring (bicyclic) bond motifs is 6. The van der Waals surface area contributed by atoms with E-state index in [-0.39, 0.29) is 11.5 Å². The molecule has 156 valence electrons. The van der Waals surface area contributed by atoms with Gasteiger partial charge in [-0.25, -0.2) is 0 Å². The fourth-order valence-electron chi connectivity index (χ4n) is 8.40. The molecule has 6 atom stereocenters. The van der Waals surface area contributed by atoms with Crippen LogP contribution in [0.25, 0.3) is 0 Å². The van der Waals surface area contributed by atoms with Crippen molar-refractivity contribution in [3.05, 3.63) is 11.6 Å². The molecule has 28 heavy (non-hydrogen) atoms. The van der Waals surface area contributed by atoms with Gasteiger partial charge in [0.25, 0.3) is 0 Å². The third-order valence-corrected chi connectivity index (χ3v) is 9.36. The minimum atomic E-state index is -0.464. The third-order valence-electron chi connectivity index (χ3n) is 9.36. The molecule has 2 saturated heterocycles. The Labute approximate surface area is 167 Å². The average Bonchev–Trinajstić information content (AvgIpc) is 3.43. The number of hydrogen-bond acceptors (Lipinski definition) is 5. The summed E-state index contributed by atoms with van der Waals surface area (Å²) in [5.74, 6) is 1.16. The fraction of sp³-hybridized carbons (Fsp3) is 0.913. The first-order valence-electron chi connectivity index (χ1n) is 11.6. The van der Waals surface area contributed by atoms with E-state index in [1.165, 1.54) is 18.4 Å². The Morgan fingerprint density at radius 1 is 1.00 bits per heavy atom. The van der Waals surface area contributed by atoms with Gasteiger partial charge in [-0.2, -0.15) is 0 Å². The summed E-state index contributed by atoms with van der Waals surface area (Å²) < 4.78 is 24.5. The first kappa shape index (κ1) is 18.3. The lowest BCUT2D eigenvalue weighted by molar-refractivity contribution is -0.262. The van der Waals surface area contributed by atoms with Gasteiger partial charge in [-0.1, -0.05) is 12.5 Å². The van der Waals surface area contributed by atoms with Gasteiger partial charge in [0.05, 0.1) is 32.5 Å². The van der Waals surface area contributed by atoms with Gasteiger partial charge in [0, 0.05) is 18.3 Å². The number of rotatable bonds is 1. The Balaban J connectivity index is 1.33. The molecule has 5 nitrogen and oxygen atoms in total. The SMILES string of the molecule is CC[C@]12C[C@H](O)[C@H]3[C@@H](CCC4=CC5(CC[C@@H]43)OCCO5)[C@@H]1CCC21OCCO1. The van der Waals surface area contributed by atoms with E-state index in [0.29, 0.717) is 50.1 Å². The molecule has 0 aromatic carbocycles. The van der Waals surface area contributed by atoms with Crippen molar-refractivity contribution in [1.82, 2.24) is 0 Å². The maximum absolute atomic E-state index is 11.5. The molecular formula is C23H34O5. The summed E-state index contributed by atoms with van der Waals surface area (Å²) in [5.41, 5.74) is 1.47. The Morgan fingerprint density at radius 3 is 2.50 bits per heavy atom. The molecule has 1 N–H and O–H groups in total. The van der Waals surface area contributed by atoms with E-state index in [0.717, 1.165) is 38.5 Å². The van der Waals surface area contributed by atoms with Crippen molar-refractivity contribution in [3.8, 4) is 0 Å². The van der Waals surface area contributed by atoms with E-state index >= 15 is 0 Å². The van der Waals surface area contributed by atoms with Gasteiger partial charge >= 0.3 is 0 Å². The van der Waals surface area contributed by atoms with Crippen molar-refractivity contribution in [2.75, 3.05) is 26.4 Å². The molecule has 0 bridgehead atoms. The molecule has 6 rings (SSSR count). The van der Waals surface area contributed by atoms with Crippen LogP contribution < -0.4 is 0 Å². The van der Waals surface area contributed by atoms with Crippen LogP contribution >= 0.6 is 0 Å². The van der Waals surface area contributed by atoms with Crippen molar-refractivity contribution in [2.45, 2.75) is 76.0 Å². The fourth-order valence-corrected chi connectivity index (χ4v) is 8.40. The largest absolute Gasteiger partial charge is 0.393 e. The summed E-state index contributed by atoms with van der Waals surface area (Å²) in [6.45, 7) is 5.09. The van der Waals surface area contributed by atoms with E-state index < -0.39 is 11.6 Å². The molecule has 5 fully saturated rings. The molecule has 2 spiro atoms. The van der Waals surface area contributed by atoms with Crippen LogP contribution in [0.4, 0.5) is 0 Å². The minimum absolute atomic E-state index is 0.0150. The van der Waals surface area contributed by atoms with Gasteiger partial charge in [0.1, 0.15) is 0 Å². The standard InChI is InChI=1S/C23H34O5/c1-2-21-14-19(24)20-16-5-7-22(25-9-10-26-22)13-15(16)3-4-17(20)18(21)6-8-23(21)27-11-12-28-23/h13,16-20,24H,2-12,14H2,1H3/t16-,17-,18-,19-,20+,21-/m0/s1. The average molecular weight is 391 g/mol. The Bertz CT molecular complexity index is 662. The zero-order valence-electron chi connectivity index (χ0n) is 17.0. The van der Waals surface area contributed by atoms with Crippen molar-refractivity contribution >= 4 is 0 Å². The first-order valence-corrected chi connectivity index (χ1v) is 11.6. The molecule has 6 aliphatic rings. The van der Waals surface area contributed by atoms with Crippen LogP contribution in [0.5, 0.6) is 0 Å². The number of allylic oxidation sites excluding steroid dienone is 1. The highest BCUT2D eigenvalue weighted by Crippen LogP contribution is 2.68. The van der Waals surface area contributed by atoms with Gasteiger partial charge in [-0.05, 0) is 68.3 Å². The van der Waals surface area contributed by atoms with Gasteiger partial charge in [-0.15, -0.1) is 0 Å². The predicted molar refractivity (Wildman–Crippen MR) is 102 cm³/mol. The van der Waals surface area contributed by atoms with E-state index in [1.54, 1.807) is 0 Å². The van der Waals surface area contributed by atoms with Crippen LogP contribution in [0.1, 0.15) is 58.3 Å². The van der Waals surface area contributed by atoms with Gasteiger partial charge in [-0.3, -0.25) is 0 Å². The molecule has 0 amide bonds. The van der Waals surface area contributed by atoms with Crippen LogP contribution in [-0.2, 0) is 18.9 Å². The Hall–Kier alpha value is -0.460. The molecule has 0 radical (unpaired) electrons. The summed E-state index contributed by atoms with van der Waals surface area (Å²) in [7, 11) is 0. The zero-order valence-corrected chi connectivity index (χ0v) is 17.0. The highest BCUT2D eigenvalue weighted by Gasteiger charge is 2.68. The van der Waals surface area contributed by atoms with Gasteiger partial charge in [0.2, 0.25) is 0 Å². The normalized spacial score (nSPS) is 48.4. The van der Waals surface area contributed by atoms with E-state index in [9.17, 15) is 5.11 Å². The molecular weight excluding hydrogens is 356 g/mol. The number of ether oxygens (including phenoxy) is 4. The monoisotopic (exact) mass is 390 g/mol. The van der Waals surface area contributed by atoms with Crippen LogP contribution in [0, 0.1) is 29.1 Å². The summed E-state index contributed by atoms with van der Waals surface area (Å²) in [4.78, 5) is 0. The molecule has 4 aliphatic carbocycles. The van der Waals surface area contributed by atoms with Crippen LogP contribution in [0.15, 0.2) is 11.6 Å². The molecule has 0 aromatic heterocycles. The maximum Gasteiger partial charge on any atom is 0.188 e. The van der Waals surface area contributed by atoms with Crippen molar-refractivity contribution in [3.63, 3.8) is 0 Å². The van der Waals surface area contributed by atoms with E-state index in [1.807, 2.05) is 0 Å². The van der Waals surface area contributed by atoms with Crippen LogP contribution in [0.2, 0.25) is 0 Å². The highest BCUT2D eigenvalue weighted by molar-refractivity contribution is 5.24. The molecule has 2 heterocycles. The Morgan fingerprint density at radius 2 is 1.75 bits per heavy atom. The molecule has 3 saturated carbocycles. The second-order valence-electron chi connectivity index (χ2n) is 10.0. The lowest BCUT2D eigenvalue weighted by atomic mass is 9.49. The molecule has 0 aromatic rings. The van der Waals surface area contributed by atoms with Crippen molar-refractivity contribution < 1.29 is 24.1 Å². The summed E-state index contributed by atoms with van der Waals surface area (Å²) in [6, 6.07) is 0. The highest BCUT2D eigenvalue weighted by atomic mass is 16.7. The smallest absolute Gasteiger partial charge is 0.188 e. The van der Waals surface area contributed by atoms with Crippen molar-refractivity contribution in [1.29, 1.82) is 0 Å². The second-order valence-corrected chi connectivity index (χ2v) is 10.0. The number of aliphatic hydroxyl groups is 1. The predicted octanol–water partition coefficient (Wildman–Crippen LogP) is 3.41. The topological polar surface area (TPSA) is 57.2 Å². The summed E-state index contributed by atoms with van der Waals surface area (Å²) in [6.07, 6.45) is 10.4. The third kappa shape index (κ3) is 2.26. The van der Waals surface area contributed by atoms with E-state index in [4.69, 9.17) is 18.9 Å².